The SMILES string of the molecule is CC(C)C(O)CNC(=O)CC(F)(F)F. The topological polar surface area (TPSA) is 49.3 Å². The summed E-state index contributed by atoms with van der Waals surface area (Å²) in [4.78, 5) is 10.6. The van der Waals surface area contributed by atoms with Crippen LogP contribution in [0.25, 0.3) is 0 Å². The third-order valence-electron chi connectivity index (χ3n) is 1.64. The van der Waals surface area contributed by atoms with Crippen molar-refractivity contribution in [2.45, 2.75) is 32.5 Å². The number of hydrogen-bond donors (Lipinski definition) is 2. The smallest absolute Gasteiger partial charge is 0.391 e. The lowest BCUT2D eigenvalue weighted by molar-refractivity contribution is -0.154. The van der Waals surface area contributed by atoms with Crippen molar-refractivity contribution in [3.05, 3.63) is 0 Å². The summed E-state index contributed by atoms with van der Waals surface area (Å²) in [6.45, 7) is 3.27. The molecule has 0 aliphatic rings. The van der Waals surface area contributed by atoms with Crippen molar-refractivity contribution in [3.63, 3.8) is 0 Å². The molecule has 0 bridgehead atoms. The molecular weight excluding hydrogens is 199 g/mol. The Balaban J connectivity index is 3.75. The first kappa shape index (κ1) is 13.2. The van der Waals surface area contributed by atoms with Crippen molar-refractivity contribution >= 4 is 5.91 Å². The summed E-state index contributed by atoms with van der Waals surface area (Å²) < 4.78 is 35.0. The normalized spacial score (nSPS) is 14.2. The zero-order chi connectivity index (χ0) is 11.4. The summed E-state index contributed by atoms with van der Waals surface area (Å²) in [7, 11) is 0. The van der Waals surface area contributed by atoms with Gasteiger partial charge in [-0.05, 0) is 5.92 Å². The lowest BCUT2D eigenvalue weighted by Gasteiger charge is -2.15. The average Bonchev–Trinajstić information content (AvgIpc) is 1.96. The number of carbonyl (C=O) groups is 1. The summed E-state index contributed by atoms with van der Waals surface area (Å²) in [6, 6.07) is 0. The van der Waals surface area contributed by atoms with Crippen LogP contribution in [0.5, 0.6) is 0 Å². The first-order valence-electron chi connectivity index (χ1n) is 4.24. The standard InChI is InChI=1S/C8H14F3NO2/c1-5(2)6(13)4-12-7(14)3-8(9,10)11/h5-6,13H,3-4H2,1-2H3,(H,12,14). The first-order valence-corrected chi connectivity index (χ1v) is 4.24. The van der Waals surface area contributed by atoms with E-state index in [9.17, 15) is 23.1 Å². The number of aliphatic hydroxyl groups excluding tert-OH is 1. The van der Waals surface area contributed by atoms with E-state index >= 15 is 0 Å². The van der Waals surface area contributed by atoms with Crippen LogP contribution in [0.3, 0.4) is 0 Å². The molecule has 0 aromatic rings. The van der Waals surface area contributed by atoms with Gasteiger partial charge in [0.15, 0.2) is 0 Å². The molecule has 0 heterocycles. The number of nitrogens with one attached hydrogen (secondary N) is 1. The molecule has 0 aromatic carbocycles. The van der Waals surface area contributed by atoms with Gasteiger partial charge in [0.25, 0.3) is 0 Å². The predicted molar refractivity (Wildman–Crippen MR) is 44.5 cm³/mol. The molecule has 0 saturated carbocycles. The Morgan fingerprint density at radius 2 is 1.93 bits per heavy atom. The largest absolute Gasteiger partial charge is 0.397 e. The maximum Gasteiger partial charge on any atom is 0.397 e. The molecule has 1 unspecified atom stereocenters. The molecule has 0 radical (unpaired) electrons. The second kappa shape index (κ2) is 5.19. The second-order valence-electron chi connectivity index (χ2n) is 3.41. The lowest BCUT2D eigenvalue weighted by Crippen LogP contribution is -2.36. The molecule has 0 aliphatic heterocycles. The Hall–Kier alpha value is -0.780. The molecule has 84 valence electrons. The molecule has 3 nitrogen and oxygen atoms in total. The molecular formula is C8H14F3NO2. The van der Waals surface area contributed by atoms with Crippen LogP contribution in [-0.4, -0.2) is 29.8 Å². The number of carbonyl (C=O) groups excluding carboxylic acids is 1. The average molecular weight is 213 g/mol. The molecule has 6 heteroatoms. The van der Waals surface area contributed by atoms with E-state index in [4.69, 9.17) is 0 Å². The fourth-order valence-electron chi connectivity index (χ4n) is 0.699. The first-order chi connectivity index (χ1) is 6.22. The fourth-order valence-corrected chi connectivity index (χ4v) is 0.699. The van der Waals surface area contributed by atoms with Gasteiger partial charge in [-0.15, -0.1) is 0 Å². The van der Waals surface area contributed by atoms with Crippen LogP contribution in [-0.2, 0) is 4.79 Å². The predicted octanol–water partition coefficient (Wildman–Crippen LogP) is 1.07. The van der Waals surface area contributed by atoms with E-state index in [0.29, 0.717) is 0 Å². The zero-order valence-corrected chi connectivity index (χ0v) is 8.06. The number of hydrogen-bond acceptors (Lipinski definition) is 2. The molecule has 0 saturated heterocycles. The lowest BCUT2D eigenvalue weighted by atomic mass is 10.1. The van der Waals surface area contributed by atoms with Gasteiger partial charge in [0, 0.05) is 6.54 Å². The summed E-state index contributed by atoms with van der Waals surface area (Å²) in [6.07, 6.45) is -6.81. The van der Waals surface area contributed by atoms with E-state index in [1.165, 1.54) is 0 Å². The highest BCUT2D eigenvalue weighted by Gasteiger charge is 2.31. The van der Waals surface area contributed by atoms with E-state index in [1.54, 1.807) is 13.8 Å². The van der Waals surface area contributed by atoms with E-state index < -0.39 is 24.6 Å². The van der Waals surface area contributed by atoms with Crippen LogP contribution >= 0.6 is 0 Å². The Morgan fingerprint density at radius 1 is 1.43 bits per heavy atom. The van der Waals surface area contributed by atoms with Gasteiger partial charge in [-0.25, -0.2) is 0 Å². The molecule has 0 rings (SSSR count). The van der Waals surface area contributed by atoms with Crippen LogP contribution < -0.4 is 5.32 Å². The van der Waals surface area contributed by atoms with E-state index in [0.717, 1.165) is 0 Å². The van der Waals surface area contributed by atoms with Gasteiger partial charge >= 0.3 is 6.18 Å². The Bertz CT molecular complexity index is 192. The Labute approximate surface area is 80.3 Å². The van der Waals surface area contributed by atoms with Crippen LogP contribution in [0.15, 0.2) is 0 Å². The summed E-state index contributed by atoms with van der Waals surface area (Å²) in [5.41, 5.74) is 0. The Morgan fingerprint density at radius 3 is 2.29 bits per heavy atom. The minimum Gasteiger partial charge on any atom is -0.391 e. The summed E-state index contributed by atoms with van der Waals surface area (Å²) in [5, 5.41) is 11.2. The van der Waals surface area contributed by atoms with Crippen LogP contribution in [0, 0.1) is 5.92 Å². The monoisotopic (exact) mass is 213 g/mol. The van der Waals surface area contributed by atoms with E-state index in [2.05, 4.69) is 0 Å². The summed E-state index contributed by atoms with van der Waals surface area (Å²) in [5.74, 6) is -1.21. The highest BCUT2D eigenvalue weighted by Crippen LogP contribution is 2.18. The summed E-state index contributed by atoms with van der Waals surface area (Å²) >= 11 is 0. The van der Waals surface area contributed by atoms with Crippen LogP contribution in [0.1, 0.15) is 20.3 Å². The van der Waals surface area contributed by atoms with E-state index in [-0.39, 0.29) is 12.5 Å². The molecule has 0 aromatic heterocycles. The zero-order valence-electron chi connectivity index (χ0n) is 8.06. The van der Waals surface area contributed by atoms with E-state index in [1.807, 2.05) is 5.32 Å². The Kier molecular flexibility index (Phi) is 4.90. The van der Waals surface area contributed by atoms with Gasteiger partial charge in [0.2, 0.25) is 5.91 Å². The van der Waals surface area contributed by atoms with Gasteiger partial charge in [0.05, 0.1) is 6.10 Å². The molecule has 1 atom stereocenters. The molecule has 0 spiro atoms. The minimum atomic E-state index is -4.49. The van der Waals surface area contributed by atoms with Crippen LogP contribution in [0.2, 0.25) is 0 Å². The second-order valence-corrected chi connectivity index (χ2v) is 3.41. The molecule has 1 amide bonds. The molecule has 14 heavy (non-hydrogen) atoms. The highest BCUT2D eigenvalue weighted by molar-refractivity contribution is 5.76. The highest BCUT2D eigenvalue weighted by atomic mass is 19.4. The number of amides is 1. The number of alkyl halides is 3. The third-order valence-corrected chi connectivity index (χ3v) is 1.64. The van der Waals surface area contributed by atoms with Gasteiger partial charge in [-0.3, -0.25) is 4.79 Å². The van der Waals surface area contributed by atoms with Crippen LogP contribution in [0.4, 0.5) is 13.2 Å². The molecule has 2 N–H and O–H groups in total. The minimum absolute atomic E-state index is 0.0961. The molecule has 0 aliphatic carbocycles. The molecule has 0 fully saturated rings. The van der Waals surface area contributed by atoms with Crippen molar-refractivity contribution in [2.75, 3.05) is 6.54 Å². The van der Waals surface area contributed by atoms with Gasteiger partial charge < -0.3 is 10.4 Å². The third kappa shape index (κ3) is 6.71. The van der Waals surface area contributed by atoms with Gasteiger partial charge in [-0.2, -0.15) is 13.2 Å². The van der Waals surface area contributed by atoms with Crippen molar-refractivity contribution in [1.29, 1.82) is 0 Å². The van der Waals surface area contributed by atoms with Crippen molar-refractivity contribution in [1.82, 2.24) is 5.32 Å². The van der Waals surface area contributed by atoms with Gasteiger partial charge in [0.1, 0.15) is 6.42 Å². The maximum atomic E-state index is 11.7. The van der Waals surface area contributed by atoms with Crippen molar-refractivity contribution in [3.8, 4) is 0 Å². The number of halogens is 3. The number of aliphatic hydroxyl groups is 1. The quantitative estimate of drug-likeness (QED) is 0.734. The van der Waals surface area contributed by atoms with Crippen molar-refractivity contribution < 1.29 is 23.1 Å². The maximum absolute atomic E-state index is 11.7. The fraction of sp³-hybridized carbons (Fsp3) is 0.875. The van der Waals surface area contributed by atoms with Crippen molar-refractivity contribution in [2.24, 2.45) is 5.92 Å². The van der Waals surface area contributed by atoms with Gasteiger partial charge in [-0.1, -0.05) is 13.8 Å². The number of rotatable bonds is 4.